The molecule has 0 radical (unpaired) electrons. The summed E-state index contributed by atoms with van der Waals surface area (Å²) in [6, 6.07) is 5.68. The van der Waals surface area contributed by atoms with Crippen LogP contribution in [0.3, 0.4) is 0 Å². The monoisotopic (exact) mass is 237 g/mol. The molecule has 0 aliphatic carbocycles. The number of nitro groups is 1. The molecule has 0 N–H and O–H groups in total. The molecule has 0 unspecified atom stereocenters. The van der Waals surface area contributed by atoms with Crippen LogP contribution in [0.2, 0.25) is 0 Å². The molecule has 2 aromatic heterocycles. The van der Waals surface area contributed by atoms with Crippen LogP contribution in [0, 0.1) is 10.1 Å². The summed E-state index contributed by atoms with van der Waals surface area (Å²) in [5.74, 6) is 0. The van der Waals surface area contributed by atoms with Gasteiger partial charge < -0.3 is 0 Å². The van der Waals surface area contributed by atoms with Gasteiger partial charge in [0.1, 0.15) is 0 Å². The molecule has 2 aromatic rings. The fraction of sp³-hybridized carbons (Fsp3) is 0. The van der Waals surface area contributed by atoms with E-state index in [1.807, 2.05) is 23.6 Å². The molecule has 0 aliphatic rings. The highest BCUT2D eigenvalue weighted by atomic mass is 32.1. The van der Waals surface area contributed by atoms with Gasteiger partial charge in [0, 0.05) is 4.88 Å². The zero-order valence-corrected chi connectivity index (χ0v) is 9.25. The lowest BCUT2D eigenvalue weighted by molar-refractivity contribution is -0.380. The molecule has 0 aromatic carbocycles. The van der Waals surface area contributed by atoms with E-state index >= 15 is 0 Å². The average molecular weight is 237 g/mol. The van der Waals surface area contributed by atoms with Crippen LogP contribution >= 0.6 is 22.7 Å². The Bertz CT molecular complexity index is 485. The fourth-order valence-corrected chi connectivity index (χ4v) is 2.46. The Morgan fingerprint density at radius 2 is 2.07 bits per heavy atom. The van der Waals surface area contributed by atoms with E-state index in [2.05, 4.69) is 0 Å². The molecule has 0 atom stereocenters. The Kier molecular flexibility index (Phi) is 2.94. The quantitative estimate of drug-likeness (QED) is 0.600. The standard InChI is InChI=1S/C10H7NO2S2/c12-11(13)10-8(5-7-15-10)3-4-9-2-1-6-14-9/h1-7H. The van der Waals surface area contributed by atoms with Gasteiger partial charge in [-0.15, -0.1) is 11.3 Å². The van der Waals surface area contributed by atoms with Crippen molar-refractivity contribution in [2.45, 2.75) is 0 Å². The van der Waals surface area contributed by atoms with Gasteiger partial charge in [-0.3, -0.25) is 10.1 Å². The van der Waals surface area contributed by atoms with Gasteiger partial charge in [0.05, 0.1) is 10.5 Å². The number of rotatable bonds is 3. The molecule has 0 fully saturated rings. The summed E-state index contributed by atoms with van der Waals surface area (Å²) in [5.41, 5.74) is 0.665. The molecular formula is C10H7NO2S2. The lowest BCUT2D eigenvalue weighted by atomic mass is 10.3. The second kappa shape index (κ2) is 4.37. The lowest BCUT2D eigenvalue weighted by Crippen LogP contribution is -1.84. The summed E-state index contributed by atoms with van der Waals surface area (Å²) in [6.45, 7) is 0. The van der Waals surface area contributed by atoms with E-state index in [1.54, 1.807) is 28.9 Å². The Morgan fingerprint density at radius 1 is 1.20 bits per heavy atom. The zero-order chi connectivity index (χ0) is 10.7. The molecule has 5 heteroatoms. The molecule has 0 spiro atoms. The van der Waals surface area contributed by atoms with E-state index in [9.17, 15) is 10.1 Å². The molecule has 0 amide bonds. The Hall–Kier alpha value is -1.46. The highest BCUT2D eigenvalue weighted by molar-refractivity contribution is 7.13. The van der Waals surface area contributed by atoms with Crippen LogP contribution < -0.4 is 0 Å². The number of hydrogen-bond donors (Lipinski definition) is 0. The molecule has 0 saturated heterocycles. The van der Waals surface area contributed by atoms with Crippen molar-refractivity contribution in [2.24, 2.45) is 0 Å². The summed E-state index contributed by atoms with van der Waals surface area (Å²) in [5, 5.41) is 14.5. The van der Waals surface area contributed by atoms with Crippen molar-refractivity contribution in [3.8, 4) is 0 Å². The summed E-state index contributed by atoms with van der Waals surface area (Å²) < 4.78 is 0. The van der Waals surface area contributed by atoms with Crippen LogP contribution in [0.4, 0.5) is 5.00 Å². The minimum absolute atomic E-state index is 0.197. The van der Waals surface area contributed by atoms with E-state index in [1.165, 1.54) is 0 Å². The van der Waals surface area contributed by atoms with Gasteiger partial charge in [-0.25, -0.2) is 0 Å². The second-order valence-corrected chi connectivity index (χ2v) is 4.66. The van der Waals surface area contributed by atoms with E-state index in [0.29, 0.717) is 5.56 Å². The third-order valence-electron chi connectivity index (χ3n) is 1.81. The normalized spacial score (nSPS) is 10.9. The second-order valence-electron chi connectivity index (χ2n) is 2.79. The third-order valence-corrected chi connectivity index (χ3v) is 3.53. The molecule has 0 aliphatic heterocycles. The molecule has 2 rings (SSSR count). The van der Waals surface area contributed by atoms with Gasteiger partial charge in [-0.1, -0.05) is 17.4 Å². The zero-order valence-electron chi connectivity index (χ0n) is 7.62. The van der Waals surface area contributed by atoms with Crippen molar-refractivity contribution in [2.75, 3.05) is 0 Å². The lowest BCUT2D eigenvalue weighted by Gasteiger charge is -1.87. The minimum atomic E-state index is -0.348. The summed E-state index contributed by atoms with van der Waals surface area (Å²) >= 11 is 2.75. The third kappa shape index (κ3) is 2.31. The summed E-state index contributed by atoms with van der Waals surface area (Å²) in [7, 11) is 0. The van der Waals surface area contributed by atoms with Crippen molar-refractivity contribution < 1.29 is 4.92 Å². The Morgan fingerprint density at radius 3 is 2.73 bits per heavy atom. The van der Waals surface area contributed by atoms with Crippen molar-refractivity contribution in [3.63, 3.8) is 0 Å². The Labute approximate surface area is 94.5 Å². The van der Waals surface area contributed by atoms with Gasteiger partial charge in [-0.2, -0.15) is 0 Å². The van der Waals surface area contributed by atoms with Crippen molar-refractivity contribution >= 4 is 39.8 Å². The van der Waals surface area contributed by atoms with Crippen LogP contribution in [-0.2, 0) is 0 Å². The molecule has 76 valence electrons. The van der Waals surface area contributed by atoms with Crippen LogP contribution in [-0.4, -0.2) is 4.92 Å². The topological polar surface area (TPSA) is 43.1 Å². The van der Waals surface area contributed by atoms with Gasteiger partial charge in [-0.05, 0) is 35.0 Å². The van der Waals surface area contributed by atoms with Crippen molar-refractivity contribution in [3.05, 3.63) is 49.5 Å². The average Bonchev–Trinajstić information content (AvgIpc) is 2.86. The number of nitrogens with zero attached hydrogens (tertiary/aromatic N) is 1. The van der Waals surface area contributed by atoms with Crippen molar-refractivity contribution in [1.82, 2.24) is 0 Å². The first-order valence-electron chi connectivity index (χ1n) is 4.21. The number of thiophene rings is 2. The maximum Gasteiger partial charge on any atom is 0.331 e. The summed E-state index contributed by atoms with van der Waals surface area (Å²) in [6.07, 6.45) is 3.67. The Balaban J connectivity index is 2.24. The fourth-order valence-electron chi connectivity index (χ4n) is 1.14. The van der Waals surface area contributed by atoms with Crippen LogP contribution in [0.1, 0.15) is 10.4 Å². The molecule has 0 saturated carbocycles. The molecule has 0 bridgehead atoms. The predicted octanol–water partition coefficient (Wildman–Crippen LogP) is 3.89. The largest absolute Gasteiger partial charge is 0.331 e. The van der Waals surface area contributed by atoms with Gasteiger partial charge in [0.25, 0.3) is 0 Å². The maximum absolute atomic E-state index is 10.6. The minimum Gasteiger partial charge on any atom is -0.258 e. The van der Waals surface area contributed by atoms with Crippen molar-refractivity contribution in [1.29, 1.82) is 0 Å². The molecule has 15 heavy (non-hydrogen) atoms. The SMILES string of the molecule is O=[N+]([O-])c1sccc1C=Cc1cccs1. The van der Waals surface area contributed by atoms with E-state index < -0.39 is 0 Å². The van der Waals surface area contributed by atoms with Gasteiger partial charge >= 0.3 is 5.00 Å². The smallest absolute Gasteiger partial charge is 0.258 e. The molecular weight excluding hydrogens is 230 g/mol. The first-order chi connectivity index (χ1) is 7.27. The highest BCUT2D eigenvalue weighted by Crippen LogP contribution is 2.27. The van der Waals surface area contributed by atoms with Crippen LogP contribution in [0.5, 0.6) is 0 Å². The first kappa shape index (κ1) is 10.1. The first-order valence-corrected chi connectivity index (χ1v) is 5.97. The number of hydrogen-bond acceptors (Lipinski definition) is 4. The van der Waals surface area contributed by atoms with E-state index in [-0.39, 0.29) is 9.92 Å². The van der Waals surface area contributed by atoms with Gasteiger partial charge in [0.2, 0.25) is 0 Å². The van der Waals surface area contributed by atoms with E-state index in [4.69, 9.17) is 0 Å². The van der Waals surface area contributed by atoms with Crippen LogP contribution in [0.25, 0.3) is 12.2 Å². The van der Waals surface area contributed by atoms with Crippen LogP contribution in [0.15, 0.2) is 29.0 Å². The highest BCUT2D eigenvalue weighted by Gasteiger charge is 2.12. The van der Waals surface area contributed by atoms with E-state index in [0.717, 1.165) is 16.2 Å². The summed E-state index contributed by atoms with van der Waals surface area (Å²) in [4.78, 5) is 11.4. The molecule has 2 heterocycles. The molecule has 3 nitrogen and oxygen atoms in total. The van der Waals surface area contributed by atoms with Gasteiger partial charge in [0.15, 0.2) is 0 Å². The maximum atomic E-state index is 10.6. The predicted molar refractivity (Wildman–Crippen MR) is 64.2 cm³/mol.